The Balaban J connectivity index is 1.80. The summed E-state index contributed by atoms with van der Waals surface area (Å²) in [6.07, 6.45) is 2.84. The van der Waals surface area contributed by atoms with Crippen LogP contribution in [-0.4, -0.2) is 51.8 Å². The van der Waals surface area contributed by atoms with Crippen molar-refractivity contribution in [1.82, 2.24) is 15.0 Å². The number of aryl methyl sites for hydroxylation is 1. The third-order valence-electron chi connectivity index (χ3n) is 5.74. The number of amides is 1. The lowest BCUT2D eigenvalue weighted by atomic mass is 10.1. The van der Waals surface area contributed by atoms with Gasteiger partial charge in [0, 0.05) is 30.9 Å². The molecule has 32 heavy (non-hydrogen) atoms. The fraction of sp³-hybridized carbons (Fsp3) is 0.409. The highest BCUT2D eigenvalue weighted by molar-refractivity contribution is 7.92. The van der Waals surface area contributed by atoms with Gasteiger partial charge in [0.15, 0.2) is 14.6 Å². The van der Waals surface area contributed by atoms with Crippen molar-refractivity contribution in [2.45, 2.75) is 31.1 Å². The van der Waals surface area contributed by atoms with Crippen LogP contribution in [0.3, 0.4) is 0 Å². The Kier molecular flexibility index (Phi) is 6.70. The summed E-state index contributed by atoms with van der Waals surface area (Å²) in [6, 6.07) is 4.90. The van der Waals surface area contributed by atoms with Crippen molar-refractivity contribution in [3.8, 4) is 23.7 Å². The molecule has 0 spiro atoms. The van der Waals surface area contributed by atoms with Crippen LogP contribution in [0.5, 0.6) is 0 Å². The predicted molar refractivity (Wildman–Crippen MR) is 117 cm³/mol. The molecule has 0 radical (unpaired) electrons. The molecule has 1 heterocycles. The summed E-state index contributed by atoms with van der Waals surface area (Å²) in [6.45, 7) is 1.24. The average Bonchev–Trinajstić information content (AvgIpc) is 3.53. The quantitative estimate of drug-likeness (QED) is 0.317. The van der Waals surface area contributed by atoms with Crippen molar-refractivity contribution in [1.29, 1.82) is 0 Å². The number of carbonyl (C=O) groups is 1. The summed E-state index contributed by atoms with van der Waals surface area (Å²) < 4.78 is 23.5. The van der Waals surface area contributed by atoms with Crippen molar-refractivity contribution >= 4 is 26.6 Å². The van der Waals surface area contributed by atoms with Crippen molar-refractivity contribution < 1.29 is 23.5 Å². The van der Waals surface area contributed by atoms with E-state index in [-0.39, 0.29) is 31.4 Å². The molecule has 3 atom stereocenters. The van der Waals surface area contributed by atoms with E-state index in [0.717, 1.165) is 12.7 Å². The molecule has 9 nitrogen and oxygen atoms in total. The number of rotatable bonds is 6. The largest absolute Gasteiger partial charge is 0.396 e. The van der Waals surface area contributed by atoms with Gasteiger partial charge in [0.1, 0.15) is 0 Å². The minimum absolute atomic E-state index is 0.0914. The van der Waals surface area contributed by atoms with E-state index in [1.807, 2.05) is 0 Å². The monoisotopic (exact) mass is 457 g/mol. The van der Waals surface area contributed by atoms with Gasteiger partial charge in [0.25, 0.3) is 11.5 Å². The number of aliphatic hydroxyl groups excluding tert-OH is 1. The van der Waals surface area contributed by atoms with Gasteiger partial charge in [-0.15, -0.1) is 0 Å². The van der Waals surface area contributed by atoms with E-state index in [1.54, 1.807) is 18.2 Å². The van der Waals surface area contributed by atoms with E-state index >= 15 is 0 Å². The molecular weight excluding hydrogens is 434 g/mol. The first-order valence-corrected chi connectivity index (χ1v) is 11.8. The van der Waals surface area contributed by atoms with E-state index in [0.29, 0.717) is 16.5 Å². The number of nitrogens with one attached hydrogen (secondary N) is 1. The first-order valence-electron chi connectivity index (χ1n) is 9.86. The fourth-order valence-electron chi connectivity index (χ4n) is 3.17. The summed E-state index contributed by atoms with van der Waals surface area (Å²) in [4.78, 5) is 29.0. The molecule has 0 bridgehead atoms. The molecule has 1 aliphatic rings. The number of hydroxylamine groups is 1. The molecule has 1 amide bonds. The van der Waals surface area contributed by atoms with E-state index in [2.05, 4.69) is 28.7 Å². The molecule has 0 aliphatic heterocycles. The molecule has 1 aliphatic carbocycles. The number of sulfone groups is 1. The van der Waals surface area contributed by atoms with Crippen LogP contribution in [0.25, 0.3) is 10.9 Å². The van der Waals surface area contributed by atoms with Crippen LogP contribution in [0.1, 0.15) is 25.3 Å². The molecular formula is C22H23N3O6S. The van der Waals surface area contributed by atoms with Crippen LogP contribution in [0.2, 0.25) is 0 Å². The molecule has 1 saturated carbocycles. The third kappa shape index (κ3) is 4.83. The van der Waals surface area contributed by atoms with Gasteiger partial charge in [-0.1, -0.05) is 11.8 Å². The van der Waals surface area contributed by atoms with Gasteiger partial charge in [0.05, 0.1) is 17.2 Å². The van der Waals surface area contributed by atoms with Crippen molar-refractivity contribution in [2.24, 2.45) is 11.8 Å². The first kappa shape index (κ1) is 23.5. The summed E-state index contributed by atoms with van der Waals surface area (Å²) in [7, 11) is -3.87. The van der Waals surface area contributed by atoms with Gasteiger partial charge in [-0.3, -0.25) is 19.4 Å². The topological polar surface area (TPSA) is 139 Å². The second kappa shape index (κ2) is 9.13. The smallest absolute Gasteiger partial charge is 0.264 e. The van der Waals surface area contributed by atoms with E-state index in [4.69, 9.17) is 10.3 Å². The second-order valence-corrected chi connectivity index (χ2v) is 10.4. The Bertz CT molecular complexity index is 1340. The molecule has 0 saturated heterocycles. The van der Waals surface area contributed by atoms with Crippen LogP contribution in [0.15, 0.2) is 29.3 Å². The number of nitrogens with zero attached hydrogens (tertiary/aromatic N) is 2. The summed E-state index contributed by atoms with van der Waals surface area (Å²) >= 11 is 0. The van der Waals surface area contributed by atoms with E-state index in [1.165, 1.54) is 23.3 Å². The van der Waals surface area contributed by atoms with Crippen LogP contribution in [-0.2, 0) is 21.2 Å². The first-order chi connectivity index (χ1) is 15.1. The molecule has 1 aromatic carbocycles. The molecule has 1 fully saturated rings. The average molecular weight is 458 g/mol. The van der Waals surface area contributed by atoms with Gasteiger partial charge in [-0.25, -0.2) is 18.9 Å². The van der Waals surface area contributed by atoms with Gasteiger partial charge in [-0.05, 0) is 55.7 Å². The highest BCUT2D eigenvalue weighted by atomic mass is 32.2. The summed E-state index contributed by atoms with van der Waals surface area (Å²) in [5, 5.41) is 18.2. The number of aliphatic hydroxyl groups is 1. The maximum Gasteiger partial charge on any atom is 0.264 e. The molecule has 2 aromatic rings. The van der Waals surface area contributed by atoms with Crippen LogP contribution in [0.4, 0.5) is 0 Å². The maximum atomic E-state index is 12.8. The number of carbonyl (C=O) groups excluding carboxylic acids is 1. The van der Waals surface area contributed by atoms with Crippen molar-refractivity contribution in [2.75, 3.05) is 12.9 Å². The standard InChI is InChI=1S/C22H23N3O6S/c1-22(21(28)24-29,32(2,30)31)9-10-25-14-23-19-11-15(7-8-18(19)20(25)27)5-3-4-6-16-12-17(16)13-26/h7-8,11,14,16-17,26,29H,9-10,12-13H2,1-2H3,(H,24,28)/t16?,17-,22?/m1/s1. The minimum atomic E-state index is -3.87. The van der Waals surface area contributed by atoms with Crippen molar-refractivity contribution in [3.63, 3.8) is 0 Å². The van der Waals surface area contributed by atoms with Crippen LogP contribution < -0.4 is 11.0 Å². The molecule has 1 aromatic heterocycles. The van der Waals surface area contributed by atoms with Crippen LogP contribution in [0, 0.1) is 35.5 Å². The van der Waals surface area contributed by atoms with Crippen LogP contribution >= 0.6 is 0 Å². The summed E-state index contributed by atoms with van der Waals surface area (Å²) in [5.74, 6) is 10.8. The third-order valence-corrected chi connectivity index (χ3v) is 7.77. The Morgan fingerprint density at radius 3 is 2.75 bits per heavy atom. The van der Waals surface area contributed by atoms with Gasteiger partial charge in [0.2, 0.25) is 0 Å². The van der Waals surface area contributed by atoms with Gasteiger partial charge >= 0.3 is 0 Å². The van der Waals surface area contributed by atoms with Gasteiger partial charge in [-0.2, -0.15) is 0 Å². The minimum Gasteiger partial charge on any atom is -0.396 e. The molecule has 2 unspecified atom stereocenters. The highest BCUT2D eigenvalue weighted by Crippen LogP contribution is 2.36. The highest BCUT2D eigenvalue weighted by Gasteiger charge is 2.43. The number of hydrogen-bond donors (Lipinski definition) is 3. The Hall–Kier alpha value is -3.18. The van der Waals surface area contributed by atoms with E-state index in [9.17, 15) is 18.0 Å². The fourth-order valence-corrected chi connectivity index (χ4v) is 4.02. The zero-order chi connectivity index (χ0) is 23.5. The number of aromatic nitrogens is 2. The lowest BCUT2D eigenvalue weighted by Gasteiger charge is -2.25. The van der Waals surface area contributed by atoms with E-state index < -0.39 is 26.1 Å². The lowest BCUT2D eigenvalue weighted by Crippen LogP contribution is -2.50. The maximum absolute atomic E-state index is 12.8. The molecule has 3 rings (SSSR count). The Morgan fingerprint density at radius 2 is 2.12 bits per heavy atom. The zero-order valence-corrected chi connectivity index (χ0v) is 18.4. The Morgan fingerprint density at radius 1 is 1.38 bits per heavy atom. The number of benzene rings is 1. The second-order valence-electron chi connectivity index (χ2n) is 7.97. The lowest BCUT2D eigenvalue weighted by molar-refractivity contribution is -0.131. The molecule has 3 N–H and O–H groups in total. The normalized spacial score (nSPS) is 19.1. The number of hydrogen-bond acceptors (Lipinski definition) is 7. The number of fused-ring (bicyclic) bond motifs is 1. The molecule has 168 valence electrons. The van der Waals surface area contributed by atoms with Crippen molar-refractivity contribution in [3.05, 3.63) is 40.4 Å². The summed E-state index contributed by atoms with van der Waals surface area (Å²) in [5.41, 5.74) is 2.05. The zero-order valence-electron chi connectivity index (χ0n) is 17.6. The molecule has 10 heteroatoms. The van der Waals surface area contributed by atoms with Gasteiger partial charge < -0.3 is 5.11 Å². The predicted octanol–water partition coefficient (Wildman–Crippen LogP) is 0.0786. The Labute approximate surface area is 185 Å². The SMILES string of the molecule is CC(CCn1cnc2cc(C#CC#CC3C[C@@H]3CO)ccc2c1=O)(C(=O)NO)S(C)(=O)=O.